The van der Waals surface area contributed by atoms with Crippen LogP contribution in [0.2, 0.25) is 0 Å². The van der Waals surface area contributed by atoms with Crippen LogP contribution in [0.4, 0.5) is 11.4 Å². The summed E-state index contributed by atoms with van der Waals surface area (Å²) in [5, 5.41) is 6.03. The molecule has 0 heterocycles. The van der Waals surface area contributed by atoms with Gasteiger partial charge in [-0.2, -0.15) is 0 Å². The minimum Gasteiger partial charge on any atom is -0.494 e. The van der Waals surface area contributed by atoms with Crippen LogP contribution in [0.25, 0.3) is 0 Å². The van der Waals surface area contributed by atoms with Crippen molar-refractivity contribution in [3.63, 3.8) is 0 Å². The normalized spacial score (nSPS) is 10.3. The minimum absolute atomic E-state index is 0.113. The zero-order valence-electron chi connectivity index (χ0n) is 18.4. The van der Waals surface area contributed by atoms with E-state index in [0.717, 1.165) is 30.0 Å². The average molecular weight is 435 g/mol. The second-order valence-corrected chi connectivity index (χ2v) is 7.14. The summed E-state index contributed by atoms with van der Waals surface area (Å²) in [7, 11) is 0. The number of hydrogen-bond acceptors (Lipinski definition) is 5. The van der Waals surface area contributed by atoms with E-state index in [1.54, 1.807) is 0 Å². The third-order valence-electron chi connectivity index (χ3n) is 4.56. The number of carbonyl (C=O) groups is 1. The third-order valence-corrected chi connectivity index (χ3v) is 4.56. The first-order valence-electron chi connectivity index (χ1n) is 10.9. The second kappa shape index (κ2) is 12.9. The average Bonchev–Trinajstić information content (AvgIpc) is 2.82. The lowest BCUT2D eigenvalue weighted by Crippen LogP contribution is -2.22. The van der Waals surface area contributed by atoms with E-state index in [1.165, 1.54) is 0 Å². The number of unbranched alkanes of at least 4 members (excludes halogenated alkanes) is 1. The van der Waals surface area contributed by atoms with E-state index in [1.807, 2.05) is 78.9 Å². The fraction of sp³-hybridized carbons (Fsp3) is 0.269. The number of benzene rings is 3. The van der Waals surface area contributed by atoms with Crippen LogP contribution in [0.3, 0.4) is 0 Å². The van der Waals surface area contributed by atoms with Gasteiger partial charge in [0.05, 0.1) is 18.8 Å². The zero-order valence-corrected chi connectivity index (χ0v) is 18.4. The number of ether oxygens (including phenoxy) is 3. The van der Waals surface area contributed by atoms with Gasteiger partial charge in [0.25, 0.3) is 0 Å². The standard InChI is InChI=1S/C26H30N2O4/c1-2-3-16-30-23-13-9-10-21(19-23)28-26(29)20-27-24-14-7-8-15-25(24)32-18-17-31-22-11-5-4-6-12-22/h4-15,19,27H,2-3,16-18,20H2,1H3,(H,28,29). The van der Waals surface area contributed by atoms with Crippen molar-refractivity contribution >= 4 is 17.3 Å². The topological polar surface area (TPSA) is 68.8 Å². The lowest BCUT2D eigenvalue weighted by atomic mass is 10.2. The summed E-state index contributed by atoms with van der Waals surface area (Å²) >= 11 is 0. The smallest absolute Gasteiger partial charge is 0.243 e. The molecule has 3 aromatic rings. The number of carbonyl (C=O) groups excluding carboxylic acids is 1. The van der Waals surface area contributed by atoms with Gasteiger partial charge in [0.15, 0.2) is 0 Å². The highest BCUT2D eigenvalue weighted by Crippen LogP contribution is 2.24. The van der Waals surface area contributed by atoms with Gasteiger partial charge in [-0.15, -0.1) is 0 Å². The molecule has 0 spiro atoms. The quantitative estimate of drug-likeness (QED) is 0.354. The van der Waals surface area contributed by atoms with Crippen LogP contribution in [0, 0.1) is 0 Å². The molecule has 1 amide bonds. The van der Waals surface area contributed by atoms with Gasteiger partial charge in [0.2, 0.25) is 5.91 Å². The predicted molar refractivity (Wildman–Crippen MR) is 128 cm³/mol. The molecule has 32 heavy (non-hydrogen) atoms. The van der Waals surface area contributed by atoms with E-state index in [9.17, 15) is 4.79 Å². The Balaban J connectivity index is 1.45. The summed E-state index contributed by atoms with van der Waals surface area (Å²) in [6.07, 6.45) is 2.08. The molecule has 0 fully saturated rings. The highest BCUT2D eigenvalue weighted by molar-refractivity contribution is 5.94. The van der Waals surface area contributed by atoms with Crippen LogP contribution in [-0.2, 0) is 4.79 Å². The largest absolute Gasteiger partial charge is 0.494 e. The molecule has 3 rings (SSSR count). The Bertz CT molecular complexity index is 963. The summed E-state index contributed by atoms with van der Waals surface area (Å²) in [4.78, 5) is 12.4. The van der Waals surface area contributed by atoms with Gasteiger partial charge < -0.3 is 24.8 Å². The Morgan fingerprint density at radius 1 is 0.781 bits per heavy atom. The fourth-order valence-electron chi connectivity index (χ4n) is 2.95. The van der Waals surface area contributed by atoms with E-state index >= 15 is 0 Å². The monoisotopic (exact) mass is 434 g/mol. The summed E-state index contributed by atoms with van der Waals surface area (Å²) < 4.78 is 17.2. The van der Waals surface area contributed by atoms with Gasteiger partial charge in [-0.3, -0.25) is 4.79 Å². The Morgan fingerprint density at radius 3 is 2.34 bits per heavy atom. The summed E-state index contributed by atoms with van der Waals surface area (Å²) in [5.74, 6) is 2.07. The molecule has 0 radical (unpaired) electrons. The maximum absolute atomic E-state index is 12.4. The molecule has 0 bridgehead atoms. The highest BCUT2D eigenvalue weighted by atomic mass is 16.5. The lowest BCUT2D eigenvalue weighted by Gasteiger charge is -2.14. The Labute approximate surface area is 189 Å². The fourth-order valence-corrected chi connectivity index (χ4v) is 2.95. The molecule has 168 valence electrons. The maximum atomic E-state index is 12.4. The van der Waals surface area contributed by atoms with Crippen LogP contribution < -0.4 is 24.8 Å². The van der Waals surface area contributed by atoms with E-state index < -0.39 is 0 Å². The molecule has 6 nitrogen and oxygen atoms in total. The van der Waals surface area contributed by atoms with Crippen molar-refractivity contribution in [2.75, 3.05) is 37.0 Å². The maximum Gasteiger partial charge on any atom is 0.243 e. The van der Waals surface area contributed by atoms with E-state index in [4.69, 9.17) is 14.2 Å². The molecule has 6 heteroatoms. The van der Waals surface area contributed by atoms with Crippen molar-refractivity contribution in [1.82, 2.24) is 0 Å². The molecular formula is C26H30N2O4. The number of rotatable bonds is 13. The first kappa shape index (κ1) is 23.0. The van der Waals surface area contributed by atoms with Gasteiger partial charge in [-0.05, 0) is 42.8 Å². The van der Waals surface area contributed by atoms with Gasteiger partial charge in [0.1, 0.15) is 30.5 Å². The number of amides is 1. The van der Waals surface area contributed by atoms with Gasteiger partial charge in [0, 0.05) is 11.8 Å². The van der Waals surface area contributed by atoms with Crippen molar-refractivity contribution in [2.45, 2.75) is 19.8 Å². The molecule has 0 saturated heterocycles. The molecule has 0 aromatic heterocycles. The van der Waals surface area contributed by atoms with Gasteiger partial charge in [-0.25, -0.2) is 0 Å². The van der Waals surface area contributed by atoms with Crippen LogP contribution in [-0.4, -0.2) is 32.3 Å². The Kier molecular flexibility index (Phi) is 9.27. The van der Waals surface area contributed by atoms with Crippen molar-refractivity contribution in [3.05, 3.63) is 78.9 Å². The van der Waals surface area contributed by atoms with E-state index in [0.29, 0.717) is 31.3 Å². The number of para-hydroxylation sites is 3. The molecule has 0 aliphatic rings. The van der Waals surface area contributed by atoms with E-state index in [2.05, 4.69) is 17.6 Å². The molecule has 0 aliphatic carbocycles. The SMILES string of the molecule is CCCCOc1cccc(NC(=O)CNc2ccccc2OCCOc2ccccc2)c1. The summed E-state index contributed by atoms with van der Waals surface area (Å²) in [6.45, 7) is 3.72. The van der Waals surface area contributed by atoms with Crippen LogP contribution in [0.15, 0.2) is 78.9 Å². The van der Waals surface area contributed by atoms with Crippen molar-refractivity contribution < 1.29 is 19.0 Å². The van der Waals surface area contributed by atoms with Crippen molar-refractivity contribution in [2.24, 2.45) is 0 Å². The molecule has 0 unspecified atom stereocenters. The van der Waals surface area contributed by atoms with E-state index in [-0.39, 0.29) is 12.5 Å². The Morgan fingerprint density at radius 2 is 1.50 bits per heavy atom. The minimum atomic E-state index is -0.155. The van der Waals surface area contributed by atoms with Crippen LogP contribution >= 0.6 is 0 Å². The van der Waals surface area contributed by atoms with Crippen molar-refractivity contribution in [3.8, 4) is 17.2 Å². The molecule has 0 saturated carbocycles. The van der Waals surface area contributed by atoms with Gasteiger partial charge in [-0.1, -0.05) is 49.7 Å². The summed E-state index contributed by atoms with van der Waals surface area (Å²) in [6, 6.07) is 24.6. The molecular weight excluding hydrogens is 404 g/mol. The zero-order chi connectivity index (χ0) is 22.4. The summed E-state index contributed by atoms with van der Waals surface area (Å²) in [5.41, 5.74) is 1.45. The van der Waals surface area contributed by atoms with Crippen LogP contribution in [0.5, 0.6) is 17.2 Å². The van der Waals surface area contributed by atoms with Crippen molar-refractivity contribution in [1.29, 1.82) is 0 Å². The molecule has 3 aromatic carbocycles. The first-order chi connectivity index (χ1) is 15.7. The number of hydrogen-bond donors (Lipinski definition) is 2. The van der Waals surface area contributed by atoms with Gasteiger partial charge >= 0.3 is 0 Å². The highest BCUT2D eigenvalue weighted by Gasteiger charge is 2.07. The van der Waals surface area contributed by atoms with Crippen LogP contribution in [0.1, 0.15) is 19.8 Å². The first-order valence-corrected chi connectivity index (χ1v) is 10.9. The predicted octanol–water partition coefficient (Wildman–Crippen LogP) is 5.37. The molecule has 2 N–H and O–H groups in total. The Hall–Kier alpha value is -3.67. The second-order valence-electron chi connectivity index (χ2n) is 7.14. The molecule has 0 aliphatic heterocycles. The third kappa shape index (κ3) is 7.87. The lowest BCUT2D eigenvalue weighted by molar-refractivity contribution is -0.114. The number of anilines is 2. The molecule has 0 atom stereocenters. The number of nitrogens with one attached hydrogen (secondary N) is 2.